The van der Waals surface area contributed by atoms with Crippen LogP contribution in [0, 0.1) is 13.8 Å². The standard InChI is InChI=1S/C11H10INS/c1-7-3-4-8(2)11-10(7)13-9(14-11)5-6-12/h3-6H,1-2H3/b6-5+. The maximum absolute atomic E-state index is 4.59. The minimum absolute atomic E-state index is 1.09. The van der Waals surface area contributed by atoms with Crippen molar-refractivity contribution in [1.29, 1.82) is 0 Å². The average Bonchev–Trinajstić information content (AvgIpc) is 2.57. The Balaban J connectivity index is 2.75. The number of aryl methyl sites for hydroxylation is 2. The molecule has 0 saturated carbocycles. The first-order valence-corrected chi connectivity index (χ1v) is 6.42. The third kappa shape index (κ3) is 1.70. The summed E-state index contributed by atoms with van der Waals surface area (Å²) in [6.07, 6.45) is 2.05. The van der Waals surface area contributed by atoms with Crippen molar-refractivity contribution in [3.63, 3.8) is 0 Å². The number of halogens is 1. The lowest BCUT2D eigenvalue weighted by molar-refractivity contribution is 1.39. The maximum atomic E-state index is 4.59. The largest absolute Gasteiger partial charge is 0.236 e. The van der Waals surface area contributed by atoms with Gasteiger partial charge in [-0.3, -0.25) is 0 Å². The Morgan fingerprint density at radius 2 is 2.00 bits per heavy atom. The molecule has 2 aromatic rings. The Bertz CT molecular complexity index is 460. The van der Waals surface area contributed by atoms with E-state index >= 15 is 0 Å². The molecule has 0 N–H and O–H groups in total. The van der Waals surface area contributed by atoms with Crippen molar-refractivity contribution in [3.05, 3.63) is 32.4 Å². The zero-order chi connectivity index (χ0) is 10.1. The Hall–Kier alpha value is -0.420. The quantitative estimate of drug-likeness (QED) is 0.714. The first-order chi connectivity index (χ1) is 6.72. The van der Waals surface area contributed by atoms with Crippen LogP contribution < -0.4 is 0 Å². The fourth-order valence-corrected chi connectivity index (χ4v) is 3.00. The van der Waals surface area contributed by atoms with E-state index in [-0.39, 0.29) is 0 Å². The van der Waals surface area contributed by atoms with E-state index in [0.29, 0.717) is 0 Å². The lowest BCUT2D eigenvalue weighted by Gasteiger charge is -1.96. The summed E-state index contributed by atoms with van der Waals surface area (Å²) in [5, 5.41) is 1.09. The van der Waals surface area contributed by atoms with E-state index in [2.05, 4.69) is 53.6 Å². The number of nitrogens with zero attached hydrogens (tertiary/aromatic N) is 1. The van der Waals surface area contributed by atoms with Gasteiger partial charge < -0.3 is 0 Å². The summed E-state index contributed by atoms with van der Waals surface area (Å²) in [4.78, 5) is 4.59. The van der Waals surface area contributed by atoms with Crippen LogP contribution in [0.4, 0.5) is 0 Å². The Morgan fingerprint density at radius 3 is 2.64 bits per heavy atom. The maximum Gasteiger partial charge on any atom is 0.117 e. The van der Waals surface area contributed by atoms with Crippen molar-refractivity contribution in [2.45, 2.75) is 13.8 Å². The monoisotopic (exact) mass is 315 g/mol. The van der Waals surface area contributed by atoms with Gasteiger partial charge in [0.15, 0.2) is 0 Å². The molecule has 0 radical (unpaired) electrons. The van der Waals surface area contributed by atoms with Crippen LogP contribution in [0.5, 0.6) is 0 Å². The van der Waals surface area contributed by atoms with Crippen molar-refractivity contribution in [3.8, 4) is 0 Å². The Labute approximate surface area is 101 Å². The van der Waals surface area contributed by atoms with Crippen LogP contribution >= 0.6 is 33.9 Å². The molecule has 0 atom stereocenters. The summed E-state index contributed by atoms with van der Waals surface area (Å²) >= 11 is 3.98. The molecule has 14 heavy (non-hydrogen) atoms. The number of rotatable bonds is 1. The van der Waals surface area contributed by atoms with Crippen molar-refractivity contribution in [1.82, 2.24) is 4.98 Å². The SMILES string of the molecule is Cc1ccc(C)c2sc(/C=C/I)nc12. The molecule has 0 aliphatic heterocycles. The van der Waals surface area contributed by atoms with Gasteiger partial charge in [0.1, 0.15) is 5.01 Å². The summed E-state index contributed by atoms with van der Waals surface area (Å²) in [6, 6.07) is 4.29. The molecule has 1 aromatic heterocycles. The predicted octanol–water partition coefficient (Wildman–Crippen LogP) is 4.32. The number of aromatic nitrogens is 1. The van der Waals surface area contributed by atoms with Gasteiger partial charge in [0.05, 0.1) is 10.2 Å². The third-order valence-corrected chi connectivity index (χ3v) is 3.68. The molecule has 0 aliphatic rings. The molecule has 0 unspecified atom stereocenters. The minimum Gasteiger partial charge on any atom is -0.236 e. The molecule has 0 fully saturated rings. The minimum atomic E-state index is 1.09. The highest BCUT2D eigenvalue weighted by Crippen LogP contribution is 2.28. The second-order valence-corrected chi connectivity index (χ2v) is 4.97. The van der Waals surface area contributed by atoms with E-state index in [1.807, 2.05) is 10.2 Å². The van der Waals surface area contributed by atoms with Gasteiger partial charge in [-0.25, -0.2) is 4.98 Å². The molecular weight excluding hydrogens is 305 g/mol. The average molecular weight is 315 g/mol. The van der Waals surface area contributed by atoms with Crippen molar-refractivity contribution in [2.24, 2.45) is 0 Å². The predicted molar refractivity (Wildman–Crippen MR) is 72.1 cm³/mol. The molecule has 2 rings (SSSR count). The third-order valence-electron chi connectivity index (χ3n) is 2.16. The molecule has 72 valence electrons. The second-order valence-electron chi connectivity index (χ2n) is 3.22. The molecule has 0 spiro atoms. The number of thiazole rings is 1. The van der Waals surface area contributed by atoms with E-state index in [4.69, 9.17) is 0 Å². The van der Waals surface area contributed by atoms with Crippen LogP contribution in [0.25, 0.3) is 16.3 Å². The number of fused-ring (bicyclic) bond motifs is 1. The molecule has 0 amide bonds. The number of hydrogen-bond acceptors (Lipinski definition) is 2. The Morgan fingerprint density at radius 1 is 1.29 bits per heavy atom. The van der Waals surface area contributed by atoms with Gasteiger partial charge in [-0.2, -0.15) is 0 Å². The van der Waals surface area contributed by atoms with Crippen LogP contribution in [0.2, 0.25) is 0 Å². The van der Waals surface area contributed by atoms with E-state index in [0.717, 1.165) is 10.5 Å². The van der Waals surface area contributed by atoms with Crippen LogP contribution in [0.1, 0.15) is 16.1 Å². The van der Waals surface area contributed by atoms with E-state index < -0.39 is 0 Å². The first kappa shape index (κ1) is 10.1. The van der Waals surface area contributed by atoms with Crippen LogP contribution in [0.15, 0.2) is 16.2 Å². The van der Waals surface area contributed by atoms with E-state index in [9.17, 15) is 0 Å². The lowest BCUT2D eigenvalue weighted by Crippen LogP contribution is -1.78. The summed E-state index contributed by atoms with van der Waals surface area (Å²) < 4.78 is 3.31. The summed E-state index contributed by atoms with van der Waals surface area (Å²) in [7, 11) is 0. The summed E-state index contributed by atoms with van der Waals surface area (Å²) in [5.41, 5.74) is 3.73. The first-order valence-electron chi connectivity index (χ1n) is 4.36. The molecular formula is C11H10INS. The molecule has 0 bridgehead atoms. The van der Waals surface area contributed by atoms with Crippen LogP contribution in [-0.2, 0) is 0 Å². The lowest BCUT2D eigenvalue weighted by atomic mass is 10.1. The summed E-state index contributed by atoms with van der Waals surface area (Å²) in [6.45, 7) is 4.25. The molecule has 3 heteroatoms. The second kappa shape index (κ2) is 3.98. The number of benzene rings is 1. The number of hydrogen-bond donors (Lipinski definition) is 0. The van der Waals surface area contributed by atoms with Gasteiger partial charge >= 0.3 is 0 Å². The van der Waals surface area contributed by atoms with Crippen LogP contribution in [0.3, 0.4) is 0 Å². The summed E-state index contributed by atoms with van der Waals surface area (Å²) in [5.74, 6) is 0. The highest BCUT2D eigenvalue weighted by molar-refractivity contribution is 14.1. The molecule has 1 heterocycles. The van der Waals surface area contributed by atoms with E-state index in [1.165, 1.54) is 15.8 Å². The van der Waals surface area contributed by atoms with Gasteiger partial charge in [0.2, 0.25) is 0 Å². The van der Waals surface area contributed by atoms with Crippen molar-refractivity contribution in [2.75, 3.05) is 0 Å². The van der Waals surface area contributed by atoms with Crippen LogP contribution in [-0.4, -0.2) is 4.98 Å². The highest BCUT2D eigenvalue weighted by atomic mass is 127. The van der Waals surface area contributed by atoms with Gasteiger partial charge in [0, 0.05) is 0 Å². The smallest absolute Gasteiger partial charge is 0.117 e. The normalized spacial score (nSPS) is 11.6. The van der Waals surface area contributed by atoms with Crippen molar-refractivity contribution >= 4 is 50.2 Å². The van der Waals surface area contributed by atoms with Gasteiger partial charge in [-0.15, -0.1) is 11.3 Å². The zero-order valence-corrected chi connectivity index (χ0v) is 11.0. The molecule has 1 aromatic carbocycles. The van der Waals surface area contributed by atoms with Gasteiger partial charge in [-0.1, -0.05) is 34.7 Å². The topological polar surface area (TPSA) is 12.9 Å². The van der Waals surface area contributed by atoms with Crippen molar-refractivity contribution < 1.29 is 0 Å². The fourth-order valence-electron chi connectivity index (χ4n) is 1.40. The molecule has 1 nitrogen and oxygen atoms in total. The highest BCUT2D eigenvalue weighted by Gasteiger charge is 2.05. The Kier molecular flexibility index (Phi) is 2.88. The fraction of sp³-hybridized carbons (Fsp3) is 0.182. The van der Waals surface area contributed by atoms with Gasteiger partial charge in [-0.05, 0) is 35.1 Å². The molecule has 0 saturated heterocycles. The zero-order valence-electron chi connectivity index (χ0n) is 8.04. The van der Waals surface area contributed by atoms with Gasteiger partial charge in [0.25, 0.3) is 0 Å². The van der Waals surface area contributed by atoms with E-state index in [1.54, 1.807) is 11.3 Å². The molecule has 0 aliphatic carbocycles.